The van der Waals surface area contributed by atoms with Crippen molar-refractivity contribution in [3.05, 3.63) is 30.6 Å². The molecule has 0 atom stereocenters. The zero-order valence-electron chi connectivity index (χ0n) is 13.6. The smallest absolute Gasteiger partial charge is 0.281 e. The lowest BCUT2D eigenvalue weighted by Crippen LogP contribution is -2.46. The van der Waals surface area contributed by atoms with E-state index in [0.29, 0.717) is 37.6 Å². The van der Waals surface area contributed by atoms with Crippen molar-refractivity contribution in [3.63, 3.8) is 0 Å². The molecular formula is C14H20N6O3S. The molecule has 1 aliphatic heterocycles. The van der Waals surface area contributed by atoms with E-state index in [-0.39, 0.29) is 6.10 Å². The minimum Gasteiger partial charge on any atom is -0.473 e. The topological polar surface area (TPSA) is 93.5 Å². The van der Waals surface area contributed by atoms with E-state index in [1.165, 1.54) is 22.7 Å². The summed E-state index contributed by atoms with van der Waals surface area (Å²) in [6.45, 7) is 0.869. The maximum Gasteiger partial charge on any atom is 0.281 e. The summed E-state index contributed by atoms with van der Waals surface area (Å²) in [5.41, 5.74) is 0. The van der Waals surface area contributed by atoms with Gasteiger partial charge in [-0.2, -0.15) is 22.1 Å². The summed E-state index contributed by atoms with van der Waals surface area (Å²) < 4.78 is 34.3. The van der Waals surface area contributed by atoms with Gasteiger partial charge in [-0.3, -0.25) is 0 Å². The van der Waals surface area contributed by atoms with Gasteiger partial charge in [-0.25, -0.2) is 4.68 Å². The molecule has 0 aromatic carbocycles. The van der Waals surface area contributed by atoms with Gasteiger partial charge >= 0.3 is 0 Å². The van der Waals surface area contributed by atoms with Crippen LogP contribution in [0, 0.1) is 0 Å². The lowest BCUT2D eigenvalue weighted by molar-refractivity contribution is 0.126. The highest BCUT2D eigenvalue weighted by Gasteiger charge is 2.30. The van der Waals surface area contributed by atoms with Crippen LogP contribution in [0.2, 0.25) is 0 Å². The SMILES string of the molecule is CN(C)S(=O)(=O)N1CCC(Oc2ccc(-n3cccn3)nn2)CC1. The molecule has 1 aliphatic rings. The summed E-state index contributed by atoms with van der Waals surface area (Å²) in [5.74, 6) is 1.04. The summed E-state index contributed by atoms with van der Waals surface area (Å²) in [5, 5.41) is 12.2. The standard InChI is InChI=1S/C14H20N6O3S/c1-18(2)24(21,22)19-10-6-12(7-11-19)23-14-5-4-13(16-17-14)20-9-3-8-15-20/h3-5,8-9,12H,6-7,10-11H2,1-2H3. The van der Waals surface area contributed by atoms with Crippen molar-refractivity contribution >= 4 is 10.2 Å². The van der Waals surface area contributed by atoms with Gasteiger partial charge in [-0.15, -0.1) is 10.2 Å². The number of nitrogens with zero attached hydrogens (tertiary/aromatic N) is 6. The summed E-state index contributed by atoms with van der Waals surface area (Å²) in [7, 11) is -0.281. The number of hydrogen-bond acceptors (Lipinski definition) is 6. The molecule has 0 radical (unpaired) electrons. The highest BCUT2D eigenvalue weighted by molar-refractivity contribution is 7.86. The molecular weight excluding hydrogens is 332 g/mol. The maximum atomic E-state index is 12.1. The molecule has 0 unspecified atom stereocenters. The third-order valence-corrected chi connectivity index (χ3v) is 5.78. The second kappa shape index (κ2) is 6.83. The Kier molecular flexibility index (Phi) is 4.78. The zero-order chi connectivity index (χ0) is 17.2. The Morgan fingerprint density at radius 3 is 2.50 bits per heavy atom. The molecule has 0 bridgehead atoms. The van der Waals surface area contributed by atoms with E-state index in [9.17, 15) is 8.42 Å². The largest absolute Gasteiger partial charge is 0.473 e. The Balaban J connectivity index is 1.57. The van der Waals surface area contributed by atoms with Crippen LogP contribution < -0.4 is 4.74 Å². The second-order valence-electron chi connectivity index (χ2n) is 5.69. The summed E-state index contributed by atoms with van der Waals surface area (Å²) in [4.78, 5) is 0. The first-order valence-electron chi connectivity index (χ1n) is 7.65. The molecule has 0 N–H and O–H groups in total. The van der Waals surface area contributed by atoms with Gasteiger partial charge in [0.25, 0.3) is 10.2 Å². The van der Waals surface area contributed by atoms with Crippen LogP contribution in [-0.2, 0) is 10.2 Å². The Morgan fingerprint density at radius 1 is 1.21 bits per heavy atom. The van der Waals surface area contributed by atoms with Crippen molar-refractivity contribution < 1.29 is 13.2 Å². The first-order chi connectivity index (χ1) is 11.5. The quantitative estimate of drug-likeness (QED) is 0.769. The number of piperidine rings is 1. The normalized spacial score (nSPS) is 17.3. The van der Waals surface area contributed by atoms with Gasteiger partial charge < -0.3 is 4.74 Å². The van der Waals surface area contributed by atoms with Crippen LogP contribution in [0.15, 0.2) is 30.6 Å². The van der Waals surface area contributed by atoms with Gasteiger partial charge in [0.15, 0.2) is 5.82 Å². The highest BCUT2D eigenvalue weighted by atomic mass is 32.2. The fraction of sp³-hybridized carbons (Fsp3) is 0.500. The van der Waals surface area contributed by atoms with E-state index in [0.717, 1.165) is 0 Å². The fourth-order valence-corrected chi connectivity index (χ4v) is 3.62. The first-order valence-corrected chi connectivity index (χ1v) is 9.04. The lowest BCUT2D eigenvalue weighted by atomic mass is 10.1. The molecule has 1 fully saturated rings. The average Bonchev–Trinajstić information content (AvgIpc) is 3.10. The first kappa shape index (κ1) is 16.8. The van der Waals surface area contributed by atoms with Crippen molar-refractivity contribution in [1.82, 2.24) is 28.6 Å². The molecule has 2 aromatic rings. The average molecular weight is 352 g/mol. The minimum atomic E-state index is -3.35. The summed E-state index contributed by atoms with van der Waals surface area (Å²) in [6.07, 6.45) is 4.63. The monoisotopic (exact) mass is 352 g/mol. The van der Waals surface area contributed by atoms with E-state index in [1.807, 2.05) is 6.07 Å². The van der Waals surface area contributed by atoms with Gasteiger partial charge in [-0.05, 0) is 25.0 Å². The van der Waals surface area contributed by atoms with E-state index < -0.39 is 10.2 Å². The molecule has 0 amide bonds. The van der Waals surface area contributed by atoms with Crippen molar-refractivity contribution in [2.24, 2.45) is 0 Å². The zero-order valence-corrected chi connectivity index (χ0v) is 14.4. The molecule has 9 nitrogen and oxygen atoms in total. The van der Waals surface area contributed by atoms with Gasteiger partial charge in [0.1, 0.15) is 6.10 Å². The van der Waals surface area contributed by atoms with Crippen LogP contribution in [0.4, 0.5) is 0 Å². The van der Waals surface area contributed by atoms with E-state index in [1.54, 1.807) is 29.2 Å². The molecule has 3 heterocycles. The second-order valence-corrected chi connectivity index (χ2v) is 7.83. The van der Waals surface area contributed by atoms with Crippen molar-refractivity contribution in [1.29, 1.82) is 0 Å². The highest BCUT2D eigenvalue weighted by Crippen LogP contribution is 2.20. The number of rotatable bonds is 5. The Hall–Kier alpha value is -2.04. The van der Waals surface area contributed by atoms with Crippen molar-refractivity contribution in [2.45, 2.75) is 18.9 Å². The van der Waals surface area contributed by atoms with Crippen molar-refractivity contribution in [2.75, 3.05) is 27.2 Å². The Bertz CT molecular complexity index is 752. The van der Waals surface area contributed by atoms with Crippen LogP contribution in [0.25, 0.3) is 5.82 Å². The number of hydrogen-bond donors (Lipinski definition) is 0. The molecule has 130 valence electrons. The van der Waals surface area contributed by atoms with Gasteiger partial charge in [-0.1, -0.05) is 0 Å². The van der Waals surface area contributed by atoms with Crippen LogP contribution in [0.3, 0.4) is 0 Å². The van der Waals surface area contributed by atoms with E-state index >= 15 is 0 Å². The van der Waals surface area contributed by atoms with Crippen LogP contribution in [-0.4, -0.2) is 70.3 Å². The third kappa shape index (κ3) is 3.55. The summed E-state index contributed by atoms with van der Waals surface area (Å²) in [6, 6.07) is 5.33. The molecule has 0 aliphatic carbocycles. The van der Waals surface area contributed by atoms with Gasteiger partial charge in [0, 0.05) is 45.6 Å². The maximum absolute atomic E-state index is 12.1. The number of ether oxygens (including phenoxy) is 1. The summed E-state index contributed by atoms with van der Waals surface area (Å²) >= 11 is 0. The Morgan fingerprint density at radius 2 is 1.96 bits per heavy atom. The Labute approximate surface area is 141 Å². The molecule has 0 saturated carbocycles. The molecule has 3 rings (SSSR count). The molecule has 2 aromatic heterocycles. The molecule has 0 spiro atoms. The number of aromatic nitrogens is 4. The lowest BCUT2D eigenvalue weighted by Gasteiger charge is -2.32. The van der Waals surface area contributed by atoms with Crippen LogP contribution >= 0.6 is 0 Å². The van der Waals surface area contributed by atoms with E-state index in [4.69, 9.17) is 4.74 Å². The van der Waals surface area contributed by atoms with Gasteiger partial charge in [0.2, 0.25) is 5.88 Å². The van der Waals surface area contributed by atoms with Crippen LogP contribution in [0.1, 0.15) is 12.8 Å². The fourth-order valence-electron chi connectivity index (χ4n) is 2.48. The molecule has 10 heteroatoms. The third-order valence-electron chi connectivity index (χ3n) is 3.84. The van der Waals surface area contributed by atoms with Gasteiger partial charge in [0.05, 0.1) is 0 Å². The minimum absolute atomic E-state index is 0.0662. The van der Waals surface area contributed by atoms with E-state index in [2.05, 4.69) is 15.3 Å². The van der Waals surface area contributed by atoms with Crippen LogP contribution in [0.5, 0.6) is 5.88 Å². The predicted molar refractivity (Wildman–Crippen MR) is 87.0 cm³/mol. The molecule has 24 heavy (non-hydrogen) atoms. The predicted octanol–water partition coefficient (Wildman–Crippen LogP) is 0.312. The molecule has 1 saturated heterocycles. The van der Waals surface area contributed by atoms with Crippen molar-refractivity contribution in [3.8, 4) is 11.7 Å².